The summed E-state index contributed by atoms with van der Waals surface area (Å²) in [6.45, 7) is 10.2. The minimum Gasteiger partial charge on any atom is -0.396 e. The second kappa shape index (κ2) is 21.8. The molecule has 2 unspecified atom stereocenters. The van der Waals surface area contributed by atoms with Crippen LogP contribution in [0, 0.1) is 46.3 Å². The number of rotatable bonds is 14. The summed E-state index contributed by atoms with van der Waals surface area (Å²) < 4.78 is 54.9. The zero-order chi connectivity index (χ0) is 52.8. The molecule has 22 heteroatoms. The van der Waals surface area contributed by atoms with Gasteiger partial charge in [0.15, 0.2) is 30.9 Å². The topological polar surface area (TPSA) is 346 Å². The SMILES string of the molecule is CC(CO)CCC1(O)O[C@H]2C[C@H]3[C@@H]4CC=C5C[C@@H](O[C@@H]6O[C@H](CO)[C@@H](O[C@@H]7O[C@H](CO)[C@@H](O)[C@H](O[C@@H]8O[C@H](C)[C@@H](O)[C@H](O)[C@@H]8O)[C@H]7O)[C@H](O)[C@H]6O[C@@H]6O[C@H](C)[C@@H](O)[C@H](O)[C@@H]6O)CC[C@]5(C)[C@H]4CC[C@]3(C)[C@H]2[C@@H]1C. The zero-order valence-electron chi connectivity index (χ0n) is 42.7. The molecule has 5 aliphatic heterocycles. The van der Waals surface area contributed by atoms with Crippen molar-refractivity contribution >= 4 is 0 Å². The van der Waals surface area contributed by atoms with Crippen LogP contribution in [0.4, 0.5) is 0 Å². The number of hydrogen-bond acceptors (Lipinski definition) is 22. The monoisotopic (exact) mass is 1050 g/mol. The van der Waals surface area contributed by atoms with E-state index in [0.29, 0.717) is 43.4 Å². The van der Waals surface area contributed by atoms with Crippen LogP contribution >= 0.6 is 0 Å². The Bertz CT molecular complexity index is 1900. The molecule has 0 radical (unpaired) electrons. The van der Waals surface area contributed by atoms with Gasteiger partial charge in [-0.05, 0) is 106 Å². The van der Waals surface area contributed by atoms with E-state index in [-0.39, 0.29) is 41.3 Å². The molecule has 13 N–H and O–H groups in total. The second-order valence-electron chi connectivity index (χ2n) is 23.8. The first kappa shape index (κ1) is 56.6. The second-order valence-corrected chi connectivity index (χ2v) is 23.8. The van der Waals surface area contributed by atoms with Crippen molar-refractivity contribution in [1.82, 2.24) is 0 Å². The molecule has 0 aromatic heterocycles. The number of ether oxygens (including phenoxy) is 9. The Labute approximate surface area is 426 Å². The molecule has 0 spiro atoms. The summed E-state index contributed by atoms with van der Waals surface area (Å²) in [6, 6.07) is 0. The molecule has 8 fully saturated rings. The van der Waals surface area contributed by atoms with Gasteiger partial charge in [-0.2, -0.15) is 0 Å². The highest BCUT2D eigenvalue weighted by Crippen LogP contribution is 2.70. The van der Waals surface area contributed by atoms with Crippen molar-refractivity contribution in [1.29, 1.82) is 0 Å². The number of fused-ring (bicyclic) bond motifs is 7. The maximum Gasteiger partial charge on any atom is 0.187 e. The van der Waals surface area contributed by atoms with Gasteiger partial charge in [0.2, 0.25) is 0 Å². The van der Waals surface area contributed by atoms with Gasteiger partial charge in [-0.15, -0.1) is 0 Å². The summed E-state index contributed by atoms with van der Waals surface area (Å²) in [4.78, 5) is 0. The van der Waals surface area contributed by atoms with E-state index in [1.165, 1.54) is 19.4 Å². The predicted octanol–water partition coefficient (Wildman–Crippen LogP) is -1.98. The number of allylic oxidation sites excluding steroid dienone is 1. The van der Waals surface area contributed by atoms with Gasteiger partial charge in [-0.1, -0.05) is 39.3 Å². The first-order chi connectivity index (χ1) is 34.5. The molecule has 9 rings (SSSR count). The summed E-state index contributed by atoms with van der Waals surface area (Å²) in [5.74, 6) is 0.300. The molecule has 0 amide bonds. The van der Waals surface area contributed by atoms with Crippen LogP contribution in [0.2, 0.25) is 0 Å². The van der Waals surface area contributed by atoms with Crippen LogP contribution in [0.1, 0.15) is 99.3 Å². The Balaban J connectivity index is 0.915. The predicted molar refractivity (Wildman–Crippen MR) is 249 cm³/mol. The van der Waals surface area contributed by atoms with Crippen LogP contribution in [0.15, 0.2) is 11.6 Å². The summed E-state index contributed by atoms with van der Waals surface area (Å²) in [6.07, 6.45) is -23.4. The van der Waals surface area contributed by atoms with Crippen molar-refractivity contribution in [2.45, 2.75) is 240 Å². The van der Waals surface area contributed by atoms with Crippen LogP contribution in [-0.4, -0.2) is 227 Å². The van der Waals surface area contributed by atoms with Gasteiger partial charge in [0.25, 0.3) is 0 Å². The fraction of sp³-hybridized carbons (Fsp3) is 0.961. The van der Waals surface area contributed by atoms with E-state index in [9.17, 15) is 66.4 Å². The first-order valence-electron chi connectivity index (χ1n) is 26.8. The molecule has 9 aliphatic rings. The molecule has 4 aliphatic carbocycles. The van der Waals surface area contributed by atoms with Crippen molar-refractivity contribution in [3.63, 3.8) is 0 Å². The van der Waals surface area contributed by atoms with Crippen molar-refractivity contribution in [2.75, 3.05) is 19.8 Å². The molecule has 31 atom stereocenters. The maximum atomic E-state index is 12.3. The minimum absolute atomic E-state index is 0.00142. The van der Waals surface area contributed by atoms with Gasteiger partial charge >= 0.3 is 0 Å². The third-order valence-corrected chi connectivity index (χ3v) is 19.5. The van der Waals surface area contributed by atoms with Crippen molar-refractivity contribution in [2.24, 2.45) is 46.3 Å². The minimum atomic E-state index is -1.95. The summed E-state index contributed by atoms with van der Waals surface area (Å²) in [7, 11) is 0. The van der Waals surface area contributed by atoms with E-state index in [1.54, 1.807) is 0 Å². The van der Waals surface area contributed by atoms with Crippen LogP contribution in [-0.2, 0) is 42.6 Å². The quantitative estimate of drug-likeness (QED) is 0.0839. The summed E-state index contributed by atoms with van der Waals surface area (Å²) in [5, 5.41) is 141. The third-order valence-electron chi connectivity index (χ3n) is 19.5. The van der Waals surface area contributed by atoms with Gasteiger partial charge < -0.3 is 109 Å². The smallest absolute Gasteiger partial charge is 0.187 e. The van der Waals surface area contributed by atoms with E-state index < -0.39 is 148 Å². The Hall–Kier alpha value is -1.14. The van der Waals surface area contributed by atoms with Gasteiger partial charge in [0, 0.05) is 18.9 Å². The number of hydrogen-bond donors (Lipinski definition) is 13. The third kappa shape index (κ3) is 10.0. The highest BCUT2D eigenvalue weighted by Gasteiger charge is 2.68. The van der Waals surface area contributed by atoms with Gasteiger partial charge in [0.1, 0.15) is 85.5 Å². The van der Waals surface area contributed by atoms with Crippen LogP contribution < -0.4 is 0 Å². The number of aliphatic hydroxyl groups excluding tert-OH is 12. The average Bonchev–Trinajstić information content (AvgIpc) is 3.81. The molecule has 420 valence electrons. The lowest BCUT2D eigenvalue weighted by molar-refractivity contribution is -0.396. The highest BCUT2D eigenvalue weighted by molar-refractivity contribution is 5.26. The largest absolute Gasteiger partial charge is 0.396 e. The normalized spacial score (nSPS) is 55.5. The van der Waals surface area contributed by atoms with Crippen LogP contribution in [0.3, 0.4) is 0 Å². The lowest BCUT2D eigenvalue weighted by atomic mass is 9.47. The standard InChI is InChI=1S/C51H84O22/c1-20(17-52)9-14-51(64)21(2)32-29(73-51)16-28-26-8-7-24-15-25(10-12-49(24,5)27(26)11-13-50(28,32)6)67-48-44(72-46-39(61)37(59)34(56)23(4)66-46)40(62)42(31(19-54)69-48)70-47-41(63)43(35(57)30(18-53)68-47)71-45-38(60)36(58)33(55)22(3)65-45/h7,20-23,25-48,52-64H,8-19H2,1-6H3/t20?,21-,22+,23+,25-,26+,27-,28-,29-,30+,31+,32-,33+,34+,35+,36-,37-,38-,39-,40-,41+,42+,43-,44+,45-,46-,47-,48+,49-,50-,51?/m0/s1. The Morgan fingerprint density at radius 1 is 0.630 bits per heavy atom. The Morgan fingerprint density at radius 2 is 1.22 bits per heavy atom. The Kier molecular flexibility index (Phi) is 16.9. The molecule has 0 aromatic rings. The molecule has 5 heterocycles. The Morgan fingerprint density at radius 3 is 1.84 bits per heavy atom. The summed E-state index contributed by atoms with van der Waals surface area (Å²) in [5.41, 5.74) is 1.11. The lowest BCUT2D eigenvalue weighted by Crippen LogP contribution is -2.67. The van der Waals surface area contributed by atoms with Gasteiger partial charge in [-0.3, -0.25) is 0 Å². The van der Waals surface area contributed by atoms with Gasteiger partial charge in [-0.25, -0.2) is 0 Å². The molecular formula is C51H84O22. The van der Waals surface area contributed by atoms with Crippen molar-refractivity contribution in [3.8, 4) is 0 Å². The molecule has 73 heavy (non-hydrogen) atoms. The van der Waals surface area contributed by atoms with E-state index in [2.05, 4.69) is 26.8 Å². The van der Waals surface area contributed by atoms with E-state index in [4.69, 9.17) is 42.6 Å². The number of aliphatic hydroxyl groups is 13. The molecule has 5 saturated heterocycles. The fourth-order valence-corrected chi connectivity index (χ4v) is 15.0. The van der Waals surface area contributed by atoms with Crippen molar-refractivity contribution in [3.05, 3.63) is 11.6 Å². The van der Waals surface area contributed by atoms with Crippen LogP contribution in [0.25, 0.3) is 0 Å². The van der Waals surface area contributed by atoms with Crippen molar-refractivity contribution < 1.29 is 109 Å². The zero-order valence-corrected chi connectivity index (χ0v) is 42.7. The van der Waals surface area contributed by atoms with Crippen LogP contribution in [0.5, 0.6) is 0 Å². The molecule has 0 aromatic carbocycles. The first-order valence-corrected chi connectivity index (χ1v) is 26.8. The molecule has 22 nitrogen and oxygen atoms in total. The molecule has 0 bridgehead atoms. The lowest BCUT2D eigenvalue weighted by Gasteiger charge is -2.58. The highest BCUT2D eigenvalue weighted by atomic mass is 16.8. The average molecular weight is 1050 g/mol. The maximum absolute atomic E-state index is 12.3. The molecular weight excluding hydrogens is 965 g/mol. The summed E-state index contributed by atoms with van der Waals surface area (Å²) >= 11 is 0. The fourth-order valence-electron chi connectivity index (χ4n) is 15.0. The molecule has 3 saturated carbocycles. The van der Waals surface area contributed by atoms with E-state index in [0.717, 1.165) is 32.1 Å². The van der Waals surface area contributed by atoms with E-state index in [1.807, 2.05) is 6.92 Å². The van der Waals surface area contributed by atoms with Gasteiger partial charge in [0.05, 0.1) is 37.6 Å². The van der Waals surface area contributed by atoms with E-state index >= 15 is 0 Å².